The Bertz CT molecular complexity index is 1700. The van der Waals surface area contributed by atoms with E-state index in [2.05, 4.69) is 22.1 Å². The molecule has 3 aromatic carbocycles. The molecule has 0 aliphatic carbocycles. The lowest BCUT2D eigenvalue weighted by molar-refractivity contribution is -0.158. The van der Waals surface area contributed by atoms with Crippen molar-refractivity contribution >= 4 is 33.6 Å². The van der Waals surface area contributed by atoms with E-state index in [1.54, 1.807) is 16.9 Å². The van der Waals surface area contributed by atoms with Crippen molar-refractivity contribution in [2.45, 2.75) is 24.9 Å². The number of hydrogen-bond acceptors (Lipinski definition) is 3. The average Bonchev–Trinajstić information content (AvgIpc) is 3.54. The van der Waals surface area contributed by atoms with Crippen LogP contribution in [0.3, 0.4) is 0 Å². The maximum atomic E-state index is 14.0. The number of hydrogen-bond donors (Lipinski definition) is 2. The maximum absolute atomic E-state index is 14.0. The molecule has 2 aliphatic rings. The largest absolute Gasteiger partial charge is 0.496 e. The predicted octanol–water partition coefficient (Wildman–Crippen LogP) is 4.59. The molecule has 1 saturated heterocycles. The van der Waals surface area contributed by atoms with E-state index in [0.29, 0.717) is 25.1 Å². The number of para-hydroxylation sites is 3. The molecular formula is C31H28N4O3. The third-order valence-electron chi connectivity index (χ3n) is 8.10. The van der Waals surface area contributed by atoms with Crippen molar-refractivity contribution in [1.82, 2.24) is 19.8 Å². The normalized spacial score (nSPS) is 19.2. The number of methoxy groups -OCH3 is 1. The number of carbonyl (C=O) groups excluding carboxylic acids is 2. The Hall–Kier alpha value is -4.52. The van der Waals surface area contributed by atoms with Crippen LogP contribution in [0.2, 0.25) is 0 Å². The zero-order valence-electron chi connectivity index (χ0n) is 21.1. The third-order valence-corrected chi connectivity index (χ3v) is 8.10. The molecule has 190 valence electrons. The number of aromatic nitrogens is 2. The molecular weight excluding hydrogens is 476 g/mol. The highest BCUT2D eigenvalue weighted by Gasteiger charge is 2.48. The van der Waals surface area contributed by atoms with Crippen LogP contribution in [-0.2, 0) is 22.4 Å². The molecule has 2 N–H and O–H groups in total. The fourth-order valence-electron chi connectivity index (χ4n) is 6.32. The Morgan fingerprint density at radius 3 is 2.50 bits per heavy atom. The van der Waals surface area contributed by atoms with Gasteiger partial charge in [0.25, 0.3) is 0 Å². The van der Waals surface area contributed by atoms with Gasteiger partial charge in [-0.25, -0.2) is 0 Å². The molecule has 0 radical (unpaired) electrons. The number of aromatic amines is 2. The first-order valence-electron chi connectivity index (χ1n) is 13.0. The van der Waals surface area contributed by atoms with Gasteiger partial charge in [-0.2, -0.15) is 0 Å². The quantitative estimate of drug-likeness (QED) is 0.368. The highest BCUT2D eigenvalue weighted by atomic mass is 16.5. The highest BCUT2D eigenvalue weighted by Crippen LogP contribution is 2.44. The Kier molecular flexibility index (Phi) is 5.25. The van der Waals surface area contributed by atoms with Gasteiger partial charge in [0.1, 0.15) is 17.8 Å². The maximum Gasteiger partial charge on any atom is 0.246 e. The minimum Gasteiger partial charge on any atom is -0.496 e. The fourth-order valence-corrected chi connectivity index (χ4v) is 6.32. The minimum absolute atomic E-state index is 0.000250. The van der Waals surface area contributed by atoms with Crippen molar-refractivity contribution in [3.8, 4) is 5.75 Å². The first-order chi connectivity index (χ1) is 18.6. The van der Waals surface area contributed by atoms with Crippen molar-refractivity contribution in [1.29, 1.82) is 0 Å². The fraction of sp³-hybridized carbons (Fsp3) is 0.226. The van der Waals surface area contributed by atoms with Crippen molar-refractivity contribution in [2.24, 2.45) is 0 Å². The number of carbonyl (C=O) groups is 2. The summed E-state index contributed by atoms with van der Waals surface area (Å²) in [6, 6.07) is 23.1. The Balaban J connectivity index is 1.27. The monoisotopic (exact) mass is 504 g/mol. The average molecular weight is 505 g/mol. The van der Waals surface area contributed by atoms with Crippen LogP contribution in [0.1, 0.15) is 28.4 Å². The van der Waals surface area contributed by atoms with Crippen LogP contribution < -0.4 is 4.74 Å². The molecule has 0 spiro atoms. The predicted molar refractivity (Wildman–Crippen MR) is 146 cm³/mol. The first-order valence-corrected chi connectivity index (χ1v) is 13.0. The van der Waals surface area contributed by atoms with Gasteiger partial charge in [-0.1, -0.05) is 54.6 Å². The lowest BCUT2D eigenvalue weighted by Gasteiger charge is -2.47. The second kappa shape index (κ2) is 8.80. The third kappa shape index (κ3) is 3.42. The van der Waals surface area contributed by atoms with Crippen LogP contribution in [0.25, 0.3) is 21.8 Å². The van der Waals surface area contributed by atoms with Crippen LogP contribution >= 0.6 is 0 Å². The van der Waals surface area contributed by atoms with Gasteiger partial charge in [-0.3, -0.25) is 9.59 Å². The number of nitrogens with zero attached hydrogens (tertiary/aromatic N) is 2. The van der Waals surface area contributed by atoms with Gasteiger partial charge in [0.05, 0.1) is 13.7 Å². The number of rotatable bonds is 5. The summed E-state index contributed by atoms with van der Waals surface area (Å²) in [6.07, 6.45) is 3.17. The summed E-state index contributed by atoms with van der Waals surface area (Å²) in [6.45, 7) is 0.565. The Morgan fingerprint density at radius 2 is 1.66 bits per heavy atom. The summed E-state index contributed by atoms with van der Waals surface area (Å²) >= 11 is 0. The zero-order valence-corrected chi connectivity index (χ0v) is 21.1. The molecule has 38 heavy (non-hydrogen) atoms. The first kappa shape index (κ1) is 22.7. The number of fused-ring (bicyclic) bond motifs is 5. The molecule has 7 nitrogen and oxygen atoms in total. The van der Waals surface area contributed by atoms with Crippen molar-refractivity contribution in [3.63, 3.8) is 0 Å². The number of nitrogens with one attached hydrogen (secondary N) is 2. The van der Waals surface area contributed by atoms with Crippen molar-refractivity contribution in [2.75, 3.05) is 20.2 Å². The van der Waals surface area contributed by atoms with E-state index >= 15 is 0 Å². The van der Waals surface area contributed by atoms with Gasteiger partial charge in [0.15, 0.2) is 0 Å². The van der Waals surface area contributed by atoms with Gasteiger partial charge < -0.3 is 24.5 Å². The number of H-pyrrole nitrogens is 2. The van der Waals surface area contributed by atoms with E-state index in [1.165, 1.54) is 0 Å². The molecule has 1 unspecified atom stereocenters. The standard InChI is InChI=1S/C31H28N4O3/c1-38-27-13-7-4-10-22(27)30-29-23(21-9-3-6-12-25(21)33-29)16-26-31(37)34(18-28(36)35(26)30)15-14-19-17-32-24-11-5-2-8-20(19)24/h2-13,17,26,30,32-33H,14-16,18H2,1H3/t26-,30?/m0/s1. The zero-order chi connectivity index (χ0) is 25.8. The SMILES string of the molecule is COc1ccccc1C1c2[nH]c3ccccc3c2C[C@H]2C(=O)N(CCc3c[nH]c4ccccc34)CC(=O)N12. The van der Waals surface area contributed by atoms with E-state index < -0.39 is 12.1 Å². The second-order valence-electron chi connectivity index (χ2n) is 10.1. The van der Waals surface area contributed by atoms with Crippen LogP contribution in [0.5, 0.6) is 5.75 Å². The molecule has 7 heteroatoms. The van der Waals surface area contributed by atoms with E-state index in [9.17, 15) is 9.59 Å². The van der Waals surface area contributed by atoms with Crippen LogP contribution in [0.4, 0.5) is 0 Å². The van der Waals surface area contributed by atoms with Gasteiger partial charge >= 0.3 is 0 Å². The summed E-state index contributed by atoms with van der Waals surface area (Å²) in [5.74, 6) is 0.652. The Labute approximate surface area is 220 Å². The smallest absolute Gasteiger partial charge is 0.246 e. The molecule has 7 rings (SSSR count). The number of amides is 2. The van der Waals surface area contributed by atoms with Crippen LogP contribution in [-0.4, -0.2) is 57.8 Å². The van der Waals surface area contributed by atoms with E-state index in [-0.39, 0.29) is 18.4 Å². The summed E-state index contributed by atoms with van der Waals surface area (Å²) in [5, 5.41) is 2.25. The van der Waals surface area contributed by atoms with Gasteiger partial charge in [0.2, 0.25) is 11.8 Å². The number of ether oxygens (including phenoxy) is 1. The van der Waals surface area contributed by atoms with Crippen molar-refractivity contribution < 1.29 is 14.3 Å². The Morgan fingerprint density at radius 1 is 0.921 bits per heavy atom. The van der Waals surface area contributed by atoms with Gasteiger partial charge in [-0.05, 0) is 35.7 Å². The van der Waals surface area contributed by atoms with Crippen molar-refractivity contribution in [3.05, 3.63) is 101 Å². The van der Waals surface area contributed by atoms with Gasteiger partial charge in [-0.15, -0.1) is 0 Å². The lowest BCUT2D eigenvalue weighted by Crippen LogP contribution is -2.63. The van der Waals surface area contributed by atoms with E-state index in [0.717, 1.165) is 44.2 Å². The number of benzene rings is 3. The molecule has 0 bridgehead atoms. The molecule has 1 fully saturated rings. The van der Waals surface area contributed by atoms with Crippen LogP contribution in [0, 0.1) is 0 Å². The summed E-state index contributed by atoms with van der Waals surface area (Å²) in [7, 11) is 1.64. The molecule has 2 amide bonds. The topological polar surface area (TPSA) is 81.4 Å². The molecule has 2 aliphatic heterocycles. The summed E-state index contributed by atoms with van der Waals surface area (Å²) in [5.41, 5.74) is 6.17. The van der Waals surface area contributed by atoms with Crippen LogP contribution in [0.15, 0.2) is 79.0 Å². The van der Waals surface area contributed by atoms with E-state index in [4.69, 9.17) is 4.74 Å². The van der Waals surface area contributed by atoms with Gasteiger partial charge in [0, 0.05) is 52.2 Å². The second-order valence-corrected chi connectivity index (χ2v) is 10.1. The summed E-state index contributed by atoms with van der Waals surface area (Å²) in [4.78, 5) is 38.3. The molecule has 0 saturated carbocycles. The molecule has 2 aromatic heterocycles. The molecule has 4 heterocycles. The number of piperazine rings is 1. The lowest BCUT2D eigenvalue weighted by atomic mass is 9.86. The molecule has 5 aromatic rings. The van der Waals surface area contributed by atoms with E-state index in [1.807, 2.05) is 66.9 Å². The minimum atomic E-state index is -0.569. The highest BCUT2D eigenvalue weighted by molar-refractivity contribution is 5.98. The molecule has 2 atom stereocenters. The summed E-state index contributed by atoms with van der Waals surface area (Å²) < 4.78 is 5.72.